The predicted octanol–water partition coefficient (Wildman–Crippen LogP) is 5.61. The van der Waals surface area contributed by atoms with Crippen LogP contribution in [0.25, 0.3) is 0 Å². The lowest BCUT2D eigenvalue weighted by molar-refractivity contribution is -0.123. The van der Waals surface area contributed by atoms with Gasteiger partial charge < -0.3 is 10.1 Å². The van der Waals surface area contributed by atoms with Gasteiger partial charge in [-0.1, -0.05) is 55.2 Å². The summed E-state index contributed by atoms with van der Waals surface area (Å²) < 4.78 is 5.25. The zero-order valence-corrected chi connectivity index (χ0v) is 16.6. The van der Waals surface area contributed by atoms with Crippen molar-refractivity contribution in [2.45, 2.75) is 39.7 Å². The van der Waals surface area contributed by atoms with E-state index in [1.54, 1.807) is 0 Å². The van der Waals surface area contributed by atoms with E-state index in [2.05, 4.69) is 19.2 Å². The van der Waals surface area contributed by atoms with Gasteiger partial charge in [0.25, 0.3) is 5.91 Å². The second kappa shape index (κ2) is 8.56. The Morgan fingerprint density at radius 1 is 1.04 bits per heavy atom. The number of anilines is 1. The van der Waals surface area contributed by atoms with Crippen LogP contribution in [-0.4, -0.2) is 18.0 Å². The van der Waals surface area contributed by atoms with E-state index in [9.17, 15) is 9.59 Å². The molecule has 26 heavy (non-hydrogen) atoms. The second-order valence-corrected chi connectivity index (χ2v) is 7.26. The van der Waals surface area contributed by atoms with Gasteiger partial charge in [-0.25, -0.2) is 4.79 Å². The number of halogens is 2. The van der Waals surface area contributed by atoms with E-state index >= 15 is 0 Å². The molecule has 2 aromatic carbocycles. The first-order chi connectivity index (χ1) is 12.2. The molecule has 0 aromatic heterocycles. The highest BCUT2D eigenvalue weighted by Crippen LogP contribution is 2.27. The van der Waals surface area contributed by atoms with Crippen molar-refractivity contribution in [2.24, 2.45) is 0 Å². The first kappa shape index (κ1) is 20.3. The lowest BCUT2D eigenvalue weighted by Gasteiger charge is -2.19. The number of rotatable bonds is 5. The van der Waals surface area contributed by atoms with E-state index in [1.165, 1.54) is 25.1 Å². The molecule has 138 valence electrons. The first-order valence-electron chi connectivity index (χ1n) is 8.26. The van der Waals surface area contributed by atoms with Crippen molar-refractivity contribution in [3.8, 4) is 0 Å². The fourth-order valence-corrected chi connectivity index (χ4v) is 3.05. The Morgan fingerprint density at radius 3 is 2.23 bits per heavy atom. The Morgan fingerprint density at radius 2 is 1.65 bits per heavy atom. The minimum absolute atomic E-state index is 0.195. The number of para-hydroxylation sites is 1. The maximum absolute atomic E-state index is 12.5. The molecule has 0 unspecified atom stereocenters. The lowest BCUT2D eigenvalue weighted by Crippen LogP contribution is -2.30. The molecule has 1 amide bonds. The van der Waals surface area contributed by atoms with Crippen LogP contribution in [0.1, 0.15) is 48.2 Å². The van der Waals surface area contributed by atoms with Crippen LogP contribution in [0.3, 0.4) is 0 Å². The SMILES string of the molecule is Cc1cccc(C(C)C)c1NC(=O)[C@H](C)OC(=O)c1cc(Cl)cc(Cl)c1. The highest BCUT2D eigenvalue weighted by atomic mass is 35.5. The van der Waals surface area contributed by atoms with Crippen LogP contribution in [0.15, 0.2) is 36.4 Å². The maximum Gasteiger partial charge on any atom is 0.339 e. The van der Waals surface area contributed by atoms with Crippen LogP contribution in [0.2, 0.25) is 10.0 Å². The molecule has 0 spiro atoms. The maximum atomic E-state index is 12.5. The fraction of sp³-hybridized carbons (Fsp3) is 0.300. The third kappa shape index (κ3) is 4.99. The summed E-state index contributed by atoms with van der Waals surface area (Å²) in [6.07, 6.45) is -0.972. The molecule has 0 aliphatic heterocycles. The normalized spacial score (nSPS) is 12.0. The summed E-state index contributed by atoms with van der Waals surface area (Å²) in [5.41, 5.74) is 2.92. The Kier molecular flexibility index (Phi) is 6.68. The average molecular weight is 394 g/mol. The van der Waals surface area contributed by atoms with E-state index in [0.717, 1.165) is 16.8 Å². The van der Waals surface area contributed by atoms with Crippen LogP contribution in [0.4, 0.5) is 5.69 Å². The smallest absolute Gasteiger partial charge is 0.339 e. The van der Waals surface area contributed by atoms with E-state index < -0.39 is 18.0 Å². The van der Waals surface area contributed by atoms with Gasteiger partial charge in [-0.05, 0) is 49.1 Å². The van der Waals surface area contributed by atoms with Crippen molar-refractivity contribution in [2.75, 3.05) is 5.32 Å². The molecule has 0 saturated heterocycles. The van der Waals surface area contributed by atoms with Gasteiger partial charge in [-0.2, -0.15) is 0 Å². The molecule has 0 radical (unpaired) electrons. The van der Waals surface area contributed by atoms with Gasteiger partial charge in [0, 0.05) is 15.7 Å². The van der Waals surface area contributed by atoms with Crippen LogP contribution in [0, 0.1) is 6.92 Å². The number of carbonyl (C=O) groups is 2. The Labute approximate surface area is 163 Å². The van der Waals surface area contributed by atoms with Gasteiger partial charge in [0.1, 0.15) is 0 Å². The standard InChI is InChI=1S/C20H21Cl2NO3/c1-11(2)17-7-5-6-12(3)18(17)23-19(24)13(4)26-20(25)14-8-15(21)10-16(22)9-14/h5-11,13H,1-4H3,(H,23,24)/t13-/m0/s1. The quantitative estimate of drug-likeness (QED) is 0.671. The van der Waals surface area contributed by atoms with E-state index in [4.69, 9.17) is 27.9 Å². The highest BCUT2D eigenvalue weighted by molar-refractivity contribution is 6.35. The number of hydrogen-bond donors (Lipinski definition) is 1. The summed E-state index contributed by atoms with van der Waals surface area (Å²) >= 11 is 11.8. The van der Waals surface area contributed by atoms with Crippen molar-refractivity contribution < 1.29 is 14.3 Å². The Bertz CT molecular complexity index is 814. The summed E-state index contributed by atoms with van der Waals surface area (Å²) in [6.45, 7) is 7.55. The number of nitrogens with one attached hydrogen (secondary N) is 1. The molecule has 6 heteroatoms. The van der Waals surface area contributed by atoms with Crippen LogP contribution in [0.5, 0.6) is 0 Å². The monoisotopic (exact) mass is 393 g/mol. The average Bonchev–Trinajstić information content (AvgIpc) is 2.55. The zero-order chi connectivity index (χ0) is 19.4. The molecule has 2 rings (SSSR count). The lowest BCUT2D eigenvalue weighted by atomic mass is 9.98. The predicted molar refractivity (Wildman–Crippen MR) is 105 cm³/mol. The largest absolute Gasteiger partial charge is 0.449 e. The third-order valence-electron chi connectivity index (χ3n) is 3.93. The summed E-state index contributed by atoms with van der Waals surface area (Å²) in [4.78, 5) is 24.7. The van der Waals surface area contributed by atoms with Gasteiger partial charge in [-0.15, -0.1) is 0 Å². The van der Waals surface area contributed by atoms with Crippen LogP contribution < -0.4 is 5.32 Å². The molecule has 1 N–H and O–H groups in total. The van der Waals surface area contributed by atoms with Crippen molar-refractivity contribution in [3.63, 3.8) is 0 Å². The molecule has 0 heterocycles. The summed E-state index contributed by atoms with van der Waals surface area (Å²) in [5, 5.41) is 3.52. The number of ether oxygens (including phenoxy) is 1. The van der Waals surface area contributed by atoms with Gasteiger partial charge in [-0.3, -0.25) is 4.79 Å². The molecule has 4 nitrogen and oxygen atoms in total. The molecule has 0 bridgehead atoms. The van der Waals surface area contributed by atoms with E-state index in [-0.39, 0.29) is 11.5 Å². The Hall–Kier alpha value is -2.04. The number of hydrogen-bond acceptors (Lipinski definition) is 3. The Balaban J connectivity index is 2.12. The fourth-order valence-electron chi connectivity index (χ4n) is 2.52. The molecule has 0 fully saturated rings. The molecule has 0 saturated carbocycles. The van der Waals surface area contributed by atoms with Crippen molar-refractivity contribution in [3.05, 3.63) is 63.1 Å². The van der Waals surface area contributed by atoms with Gasteiger partial charge >= 0.3 is 5.97 Å². The number of esters is 1. The zero-order valence-electron chi connectivity index (χ0n) is 15.1. The second-order valence-electron chi connectivity index (χ2n) is 6.39. The molecule has 1 atom stereocenters. The number of amides is 1. The summed E-state index contributed by atoms with van der Waals surface area (Å²) in [6, 6.07) is 10.2. The number of aryl methyl sites for hydroxylation is 1. The topological polar surface area (TPSA) is 55.4 Å². The summed E-state index contributed by atoms with van der Waals surface area (Å²) in [7, 11) is 0. The molecular weight excluding hydrogens is 373 g/mol. The summed E-state index contributed by atoms with van der Waals surface area (Å²) in [5.74, 6) is -0.815. The number of carbonyl (C=O) groups excluding carboxylic acids is 2. The minimum atomic E-state index is -0.972. The first-order valence-corrected chi connectivity index (χ1v) is 9.02. The van der Waals surface area contributed by atoms with Gasteiger partial charge in [0.05, 0.1) is 5.56 Å². The van der Waals surface area contributed by atoms with Gasteiger partial charge in [0.2, 0.25) is 0 Å². The van der Waals surface area contributed by atoms with Crippen LogP contribution >= 0.6 is 23.2 Å². The van der Waals surface area contributed by atoms with E-state index in [0.29, 0.717) is 10.0 Å². The van der Waals surface area contributed by atoms with Crippen molar-refractivity contribution in [1.29, 1.82) is 0 Å². The molecule has 2 aromatic rings. The van der Waals surface area contributed by atoms with Crippen LogP contribution in [-0.2, 0) is 9.53 Å². The van der Waals surface area contributed by atoms with E-state index in [1.807, 2.05) is 25.1 Å². The third-order valence-corrected chi connectivity index (χ3v) is 4.36. The van der Waals surface area contributed by atoms with Crippen molar-refractivity contribution >= 4 is 40.8 Å². The molecule has 0 aliphatic rings. The molecule has 0 aliphatic carbocycles. The van der Waals surface area contributed by atoms with Crippen molar-refractivity contribution in [1.82, 2.24) is 0 Å². The number of benzene rings is 2. The van der Waals surface area contributed by atoms with Gasteiger partial charge in [0.15, 0.2) is 6.10 Å². The minimum Gasteiger partial charge on any atom is -0.449 e. The highest BCUT2D eigenvalue weighted by Gasteiger charge is 2.21. The molecular formula is C20H21Cl2NO3.